The predicted molar refractivity (Wildman–Crippen MR) is 98.2 cm³/mol. The Morgan fingerprint density at radius 1 is 0.903 bits per heavy atom. The maximum atomic E-state index is 15.5. The molecule has 2 heterocycles. The lowest BCUT2D eigenvalue weighted by Gasteiger charge is -2.26. The third-order valence-corrected chi connectivity index (χ3v) is 4.65. The van der Waals surface area contributed by atoms with E-state index < -0.39 is 47.1 Å². The van der Waals surface area contributed by atoms with E-state index in [-0.39, 0.29) is 5.69 Å². The third-order valence-electron chi connectivity index (χ3n) is 4.65. The Morgan fingerprint density at radius 2 is 1.65 bits per heavy atom. The lowest BCUT2D eigenvalue weighted by Crippen LogP contribution is -2.30. The van der Waals surface area contributed by atoms with E-state index in [1.807, 2.05) is 0 Å². The average molecular weight is 432 g/mol. The lowest BCUT2D eigenvalue weighted by molar-refractivity contribution is -0.0469. The van der Waals surface area contributed by atoms with Crippen LogP contribution in [0.25, 0.3) is 11.3 Å². The quantitative estimate of drug-likeness (QED) is 0.429. The van der Waals surface area contributed by atoms with Crippen molar-refractivity contribution in [3.8, 4) is 11.3 Å². The van der Waals surface area contributed by atoms with Gasteiger partial charge < -0.3 is 0 Å². The topological polar surface area (TPSA) is 69.4 Å². The molecule has 11 heteroatoms. The van der Waals surface area contributed by atoms with E-state index in [9.17, 15) is 13.2 Å². The van der Waals surface area contributed by atoms with Crippen LogP contribution in [0.15, 0.2) is 61.2 Å². The van der Waals surface area contributed by atoms with E-state index in [0.29, 0.717) is 11.6 Å². The van der Waals surface area contributed by atoms with Gasteiger partial charge in [0.25, 0.3) is 5.92 Å². The third kappa shape index (κ3) is 4.25. The molecule has 0 radical (unpaired) electrons. The summed E-state index contributed by atoms with van der Waals surface area (Å²) in [5.74, 6) is -8.04. The lowest BCUT2D eigenvalue weighted by atomic mass is 9.90. The van der Waals surface area contributed by atoms with Crippen molar-refractivity contribution in [2.75, 3.05) is 0 Å². The minimum atomic E-state index is -3.72. The molecule has 0 N–H and O–H groups in total. The number of aromatic nitrogens is 6. The zero-order valence-electron chi connectivity index (χ0n) is 15.6. The van der Waals surface area contributed by atoms with E-state index in [4.69, 9.17) is 0 Å². The van der Waals surface area contributed by atoms with Crippen LogP contribution in [0.1, 0.15) is 17.2 Å². The summed E-state index contributed by atoms with van der Waals surface area (Å²) >= 11 is 0. The van der Waals surface area contributed by atoms with Crippen molar-refractivity contribution < 1.29 is 22.0 Å². The summed E-state index contributed by atoms with van der Waals surface area (Å²) in [5, 5.41) is 10.7. The number of benzene rings is 2. The highest BCUT2D eigenvalue weighted by molar-refractivity contribution is 5.57. The molecule has 0 aliphatic heterocycles. The predicted octanol–water partition coefficient (Wildman–Crippen LogP) is 4.12. The summed E-state index contributed by atoms with van der Waals surface area (Å²) in [6.07, 6.45) is 3.03. The van der Waals surface area contributed by atoms with Gasteiger partial charge in [0.05, 0.1) is 30.6 Å². The fraction of sp³-hybridized carbons (Fsp3) is 0.150. The average Bonchev–Trinajstić information content (AvgIpc) is 3.26. The molecule has 0 aliphatic carbocycles. The van der Waals surface area contributed by atoms with Crippen LogP contribution in [0.2, 0.25) is 0 Å². The van der Waals surface area contributed by atoms with E-state index >= 15 is 8.78 Å². The van der Waals surface area contributed by atoms with Crippen molar-refractivity contribution >= 4 is 0 Å². The number of halogens is 5. The summed E-state index contributed by atoms with van der Waals surface area (Å²) in [6, 6.07) is 7.64. The molecule has 0 amide bonds. The van der Waals surface area contributed by atoms with Crippen LogP contribution < -0.4 is 0 Å². The van der Waals surface area contributed by atoms with Crippen LogP contribution in [0.4, 0.5) is 22.0 Å². The van der Waals surface area contributed by atoms with Crippen molar-refractivity contribution in [1.82, 2.24) is 30.2 Å². The molecule has 0 saturated heterocycles. The van der Waals surface area contributed by atoms with Crippen LogP contribution in [-0.2, 0) is 12.5 Å². The van der Waals surface area contributed by atoms with Gasteiger partial charge in [0, 0.05) is 11.6 Å². The van der Waals surface area contributed by atoms with Crippen LogP contribution in [0.5, 0.6) is 0 Å². The van der Waals surface area contributed by atoms with Crippen LogP contribution in [0.3, 0.4) is 0 Å². The van der Waals surface area contributed by atoms with Crippen LogP contribution in [-0.4, -0.2) is 30.2 Å². The number of rotatable bonds is 6. The normalized spacial score (nSPS) is 12.7. The molecular weight excluding hydrogens is 419 g/mol. The Morgan fingerprint density at radius 3 is 2.26 bits per heavy atom. The van der Waals surface area contributed by atoms with Gasteiger partial charge in [0.2, 0.25) is 0 Å². The molecule has 0 bridgehead atoms. The summed E-state index contributed by atoms with van der Waals surface area (Å²) in [6.45, 7) is -0.545. The highest BCUT2D eigenvalue weighted by Gasteiger charge is 2.46. The highest BCUT2D eigenvalue weighted by Crippen LogP contribution is 2.43. The minimum absolute atomic E-state index is 0.252. The molecule has 158 valence electrons. The second kappa shape index (κ2) is 8.17. The molecular formula is C20H13F5N6. The van der Waals surface area contributed by atoms with Gasteiger partial charge in [-0.3, -0.25) is 9.97 Å². The maximum Gasteiger partial charge on any atom is 0.299 e. The number of hydrogen-bond donors (Lipinski definition) is 0. The van der Waals surface area contributed by atoms with Gasteiger partial charge in [-0.05, 0) is 41.1 Å². The fourth-order valence-corrected chi connectivity index (χ4v) is 3.08. The molecule has 1 atom stereocenters. The highest BCUT2D eigenvalue weighted by atomic mass is 19.3. The van der Waals surface area contributed by atoms with Crippen molar-refractivity contribution in [3.05, 3.63) is 89.9 Å². The molecule has 2 aromatic carbocycles. The van der Waals surface area contributed by atoms with E-state index in [2.05, 4.69) is 25.4 Å². The zero-order valence-corrected chi connectivity index (χ0v) is 15.6. The van der Waals surface area contributed by atoms with Gasteiger partial charge >= 0.3 is 0 Å². The van der Waals surface area contributed by atoms with Gasteiger partial charge in [0.1, 0.15) is 23.1 Å². The second-order valence-electron chi connectivity index (χ2n) is 6.63. The molecule has 6 nitrogen and oxygen atoms in total. The first-order chi connectivity index (χ1) is 14.8. The number of alkyl halides is 2. The van der Waals surface area contributed by atoms with Crippen LogP contribution >= 0.6 is 0 Å². The van der Waals surface area contributed by atoms with Gasteiger partial charge in [-0.1, -0.05) is 6.07 Å². The standard InChI is InChI=1S/C20H13F5N6/c21-13-3-1-12(2-4-13)18-8-27-19(9-26-18)20(24,25)16(10-31-29-11-28-30-31)15-6-5-14(22)7-17(15)23/h1-9,11,16H,10H2. The molecule has 4 aromatic rings. The Labute approximate surface area is 172 Å². The molecule has 31 heavy (non-hydrogen) atoms. The number of hydrogen-bond acceptors (Lipinski definition) is 5. The van der Waals surface area contributed by atoms with Crippen molar-refractivity contribution in [1.29, 1.82) is 0 Å². The molecule has 0 saturated carbocycles. The molecule has 4 rings (SSSR count). The first kappa shape index (κ1) is 20.5. The molecule has 2 aromatic heterocycles. The summed E-state index contributed by atoms with van der Waals surface area (Å²) < 4.78 is 71.7. The Balaban J connectivity index is 1.71. The van der Waals surface area contributed by atoms with E-state index in [0.717, 1.165) is 35.7 Å². The fourth-order valence-electron chi connectivity index (χ4n) is 3.08. The largest absolute Gasteiger partial charge is 0.299 e. The Hall–Kier alpha value is -3.76. The monoisotopic (exact) mass is 432 g/mol. The van der Waals surface area contributed by atoms with E-state index in [1.165, 1.54) is 24.3 Å². The van der Waals surface area contributed by atoms with Crippen LogP contribution in [0, 0.1) is 17.5 Å². The Bertz CT molecular complexity index is 1160. The number of tetrazole rings is 1. The summed E-state index contributed by atoms with van der Waals surface area (Å²) in [7, 11) is 0. The van der Waals surface area contributed by atoms with Crippen molar-refractivity contribution in [3.63, 3.8) is 0 Å². The van der Waals surface area contributed by atoms with Crippen molar-refractivity contribution in [2.45, 2.75) is 18.4 Å². The van der Waals surface area contributed by atoms with Gasteiger partial charge in [0.15, 0.2) is 6.33 Å². The SMILES string of the molecule is Fc1ccc(-c2cnc(C(F)(F)C(Cn3ncnn3)c3ccc(F)cc3F)cn2)cc1. The first-order valence-corrected chi connectivity index (χ1v) is 8.96. The zero-order chi connectivity index (χ0) is 22.0. The smallest absolute Gasteiger partial charge is 0.252 e. The minimum Gasteiger partial charge on any atom is -0.252 e. The number of nitrogens with zero attached hydrogens (tertiary/aromatic N) is 6. The maximum absolute atomic E-state index is 15.5. The second-order valence-corrected chi connectivity index (χ2v) is 6.63. The van der Waals surface area contributed by atoms with Gasteiger partial charge in [-0.2, -0.15) is 13.6 Å². The first-order valence-electron chi connectivity index (χ1n) is 8.96. The molecule has 1 unspecified atom stereocenters. The summed E-state index contributed by atoms with van der Waals surface area (Å²) in [4.78, 5) is 8.67. The molecule has 0 aliphatic rings. The molecule has 0 spiro atoms. The molecule has 0 fully saturated rings. The van der Waals surface area contributed by atoms with Gasteiger partial charge in [-0.25, -0.2) is 13.2 Å². The summed E-state index contributed by atoms with van der Waals surface area (Å²) in [5.41, 5.74) is -0.431. The Kier molecular flexibility index (Phi) is 5.40. The van der Waals surface area contributed by atoms with Gasteiger partial charge in [-0.15, -0.1) is 10.2 Å². The van der Waals surface area contributed by atoms with E-state index in [1.54, 1.807) is 0 Å². The van der Waals surface area contributed by atoms with Crippen molar-refractivity contribution in [2.24, 2.45) is 0 Å².